The Morgan fingerprint density at radius 3 is 2.67 bits per heavy atom. The van der Waals surface area contributed by atoms with Crippen molar-refractivity contribution >= 4 is 5.91 Å². The molecule has 5 heteroatoms. The number of amides is 1. The molecule has 1 heterocycles. The Morgan fingerprint density at radius 2 is 2.05 bits per heavy atom. The van der Waals surface area contributed by atoms with Gasteiger partial charge in [-0.05, 0) is 58.1 Å². The summed E-state index contributed by atoms with van der Waals surface area (Å²) in [6.45, 7) is 4.50. The van der Waals surface area contributed by atoms with Gasteiger partial charge in [0.15, 0.2) is 11.5 Å². The number of likely N-dealkylation sites (tertiary alicyclic amines) is 1. The van der Waals surface area contributed by atoms with E-state index in [4.69, 9.17) is 9.47 Å². The van der Waals surface area contributed by atoms with Gasteiger partial charge in [0.25, 0.3) is 5.91 Å². The molecule has 1 aliphatic heterocycles. The molecule has 0 aliphatic carbocycles. The zero-order chi connectivity index (χ0) is 15.2. The fourth-order valence-corrected chi connectivity index (χ4v) is 2.51. The number of nitrogens with zero attached hydrogens (tertiary/aromatic N) is 1. The minimum Gasteiger partial charge on any atom is -0.493 e. The first-order valence-corrected chi connectivity index (χ1v) is 7.44. The second-order valence-corrected chi connectivity index (χ2v) is 5.35. The van der Waals surface area contributed by atoms with Crippen molar-refractivity contribution in [2.24, 2.45) is 0 Å². The van der Waals surface area contributed by atoms with Crippen LogP contribution in [-0.4, -0.2) is 50.7 Å². The lowest BCUT2D eigenvalue weighted by Crippen LogP contribution is -2.43. The predicted molar refractivity (Wildman–Crippen MR) is 82.1 cm³/mol. The van der Waals surface area contributed by atoms with Crippen molar-refractivity contribution in [3.05, 3.63) is 23.8 Å². The molecule has 0 atom stereocenters. The molecule has 0 spiro atoms. The number of ether oxygens (including phenoxy) is 2. The van der Waals surface area contributed by atoms with Crippen molar-refractivity contribution in [2.75, 3.05) is 33.9 Å². The highest BCUT2D eigenvalue weighted by Crippen LogP contribution is 2.28. The maximum Gasteiger partial charge on any atom is 0.251 e. The first kappa shape index (κ1) is 15.6. The fraction of sp³-hybridized carbons (Fsp3) is 0.562. The summed E-state index contributed by atoms with van der Waals surface area (Å²) in [7, 11) is 3.70. The maximum absolute atomic E-state index is 12.3. The van der Waals surface area contributed by atoms with Crippen LogP contribution in [0.15, 0.2) is 18.2 Å². The van der Waals surface area contributed by atoms with Gasteiger partial charge < -0.3 is 19.7 Å². The van der Waals surface area contributed by atoms with Gasteiger partial charge in [-0.15, -0.1) is 0 Å². The normalized spacial score (nSPS) is 16.5. The minimum absolute atomic E-state index is 0.0480. The number of hydrogen-bond acceptors (Lipinski definition) is 4. The van der Waals surface area contributed by atoms with Crippen molar-refractivity contribution in [2.45, 2.75) is 25.8 Å². The van der Waals surface area contributed by atoms with Crippen LogP contribution in [-0.2, 0) is 0 Å². The number of methoxy groups -OCH3 is 1. The van der Waals surface area contributed by atoms with Crippen LogP contribution in [0.3, 0.4) is 0 Å². The summed E-state index contributed by atoms with van der Waals surface area (Å²) in [5, 5.41) is 3.10. The molecule has 21 heavy (non-hydrogen) atoms. The number of carbonyl (C=O) groups is 1. The topological polar surface area (TPSA) is 50.8 Å². The maximum atomic E-state index is 12.3. The number of carbonyl (C=O) groups excluding carboxylic acids is 1. The quantitative estimate of drug-likeness (QED) is 0.901. The smallest absolute Gasteiger partial charge is 0.251 e. The Labute approximate surface area is 126 Å². The molecule has 1 aromatic rings. The van der Waals surface area contributed by atoms with Crippen LogP contribution in [0.5, 0.6) is 11.5 Å². The van der Waals surface area contributed by atoms with E-state index in [-0.39, 0.29) is 11.9 Å². The van der Waals surface area contributed by atoms with Crippen LogP contribution in [0.25, 0.3) is 0 Å². The van der Waals surface area contributed by atoms with E-state index < -0.39 is 0 Å². The van der Waals surface area contributed by atoms with Gasteiger partial charge in [-0.25, -0.2) is 0 Å². The van der Waals surface area contributed by atoms with Gasteiger partial charge in [0.1, 0.15) is 0 Å². The molecule has 1 amide bonds. The molecule has 1 aliphatic rings. The summed E-state index contributed by atoms with van der Waals surface area (Å²) in [6, 6.07) is 5.54. The van der Waals surface area contributed by atoms with E-state index in [2.05, 4.69) is 17.3 Å². The van der Waals surface area contributed by atoms with Gasteiger partial charge in [-0.2, -0.15) is 0 Å². The van der Waals surface area contributed by atoms with Gasteiger partial charge >= 0.3 is 0 Å². The third kappa shape index (κ3) is 4.11. The number of hydrogen-bond donors (Lipinski definition) is 1. The zero-order valence-electron chi connectivity index (χ0n) is 13.0. The lowest BCUT2D eigenvalue weighted by Gasteiger charge is -2.29. The van der Waals surface area contributed by atoms with Crippen LogP contribution in [0.2, 0.25) is 0 Å². The Balaban J connectivity index is 2.03. The highest BCUT2D eigenvalue weighted by atomic mass is 16.5. The summed E-state index contributed by atoms with van der Waals surface area (Å²) in [6.07, 6.45) is 1.99. The van der Waals surface area contributed by atoms with Gasteiger partial charge in [-0.1, -0.05) is 0 Å². The SMILES string of the molecule is CCOc1cc(C(=O)NC2CCN(C)CC2)ccc1OC. The highest BCUT2D eigenvalue weighted by Gasteiger charge is 2.19. The molecule has 1 fully saturated rings. The van der Waals surface area contributed by atoms with Crippen LogP contribution >= 0.6 is 0 Å². The van der Waals surface area contributed by atoms with Crippen LogP contribution in [0.4, 0.5) is 0 Å². The largest absolute Gasteiger partial charge is 0.493 e. The summed E-state index contributed by atoms with van der Waals surface area (Å²) in [5.74, 6) is 1.21. The minimum atomic E-state index is -0.0480. The lowest BCUT2D eigenvalue weighted by atomic mass is 10.0. The Kier molecular flexibility index (Phi) is 5.44. The second kappa shape index (κ2) is 7.31. The molecular weight excluding hydrogens is 268 g/mol. The van der Waals surface area contributed by atoms with E-state index in [1.807, 2.05) is 6.92 Å². The standard InChI is InChI=1S/C16H24N2O3/c1-4-21-15-11-12(5-6-14(15)20-3)16(19)17-13-7-9-18(2)10-8-13/h5-6,11,13H,4,7-10H2,1-3H3,(H,17,19). The molecule has 1 saturated heterocycles. The van der Waals surface area contributed by atoms with Crippen LogP contribution in [0, 0.1) is 0 Å². The molecular formula is C16H24N2O3. The third-order valence-electron chi connectivity index (χ3n) is 3.78. The second-order valence-electron chi connectivity index (χ2n) is 5.35. The third-order valence-corrected chi connectivity index (χ3v) is 3.78. The average molecular weight is 292 g/mol. The van der Waals surface area contributed by atoms with Crippen molar-refractivity contribution in [3.8, 4) is 11.5 Å². The molecule has 2 rings (SSSR count). The fourth-order valence-electron chi connectivity index (χ4n) is 2.51. The van der Waals surface area contributed by atoms with E-state index in [1.165, 1.54) is 0 Å². The van der Waals surface area contributed by atoms with Gasteiger partial charge in [0, 0.05) is 11.6 Å². The molecule has 0 bridgehead atoms. The molecule has 1 N–H and O–H groups in total. The summed E-state index contributed by atoms with van der Waals surface area (Å²) < 4.78 is 10.7. The average Bonchev–Trinajstić information content (AvgIpc) is 2.50. The van der Waals surface area contributed by atoms with Crippen LogP contribution in [0.1, 0.15) is 30.1 Å². The van der Waals surface area contributed by atoms with E-state index in [9.17, 15) is 4.79 Å². The molecule has 0 aromatic heterocycles. The van der Waals surface area contributed by atoms with E-state index in [0.29, 0.717) is 23.7 Å². The summed E-state index contributed by atoms with van der Waals surface area (Å²) >= 11 is 0. The molecule has 5 nitrogen and oxygen atoms in total. The summed E-state index contributed by atoms with van der Waals surface area (Å²) in [5.41, 5.74) is 0.609. The van der Waals surface area contributed by atoms with Gasteiger partial charge in [0.05, 0.1) is 13.7 Å². The molecule has 1 aromatic carbocycles. The summed E-state index contributed by atoms with van der Waals surface area (Å²) in [4.78, 5) is 14.6. The monoisotopic (exact) mass is 292 g/mol. The number of rotatable bonds is 5. The van der Waals surface area contributed by atoms with Crippen LogP contribution < -0.4 is 14.8 Å². The first-order chi connectivity index (χ1) is 10.1. The molecule has 116 valence electrons. The predicted octanol–water partition coefficient (Wildman–Crippen LogP) is 1.92. The Hall–Kier alpha value is -1.75. The van der Waals surface area contributed by atoms with Crippen molar-refractivity contribution < 1.29 is 14.3 Å². The Morgan fingerprint density at radius 1 is 1.33 bits per heavy atom. The van der Waals surface area contributed by atoms with E-state index >= 15 is 0 Å². The number of nitrogens with one attached hydrogen (secondary N) is 1. The molecule has 0 radical (unpaired) electrons. The highest BCUT2D eigenvalue weighted by molar-refractivity contribution is 5.95. The van der Waals surface area contributed by atoms with Crippen molar-refractivity contribution in [1.29, 1.82) is 0 Å². The molecule has 0 unspecified atom stereocenters. The van der Waals surface area contributed by atoms with Gasteiger partial charge in [0.2, 0.25) is 0 Å². The zero-order valence-corrected chi connectivity index (χ0v) is 13.0. The number of benzene rings is 1. The molecule has 0 saturated carbocycles. The van der Waals surface area contributed by atoms with E-state index in [0.717, 1.165) is 25.9 Å². The first-order valence-electron chi connectivity index (χ1n) is 7.44. The lowest BCUT2D eigenvalue weighted by molar-refractivity contribution is 0.0916. The Bertz CT molecular complexity index is 482. The van der Waals surface area contributed by atoms with E-state index in [1.54, 1.807) is 25.3 Å². The van der Waals surface area contributed by atoms with Crippen molar-refractivity contribution in [3.63, 3.8) is 0 Å². The number of piperidine rings is 1. The van der Waals surface area contributed by atoms with Crippen molar-refractivity contribution in [1.82, 2.24) is 10.2 Å². The van der Waals surface area contributed by atoms with Gasteiger partial charge in [-0.3, -0.25) is 4.79 Å².